The molecule has 1 N–H and O–H groups in total. The Bertz CT molecular complexity index is 591. The van der Waals surface area contributed by atoms with Crippen molar-refractivity contribution in [2.24, 2.45) is 7.05 Å². The Balaban J connectivity index is 2.16. The molecule has 1 aromatic heterocycles. The van der Waals surface area contributed by atoms with Crippen LogP contribution in [0.4, 0.5) is 0 Å². The molecule has 0 saturated carbocycles. The maximum Gasteiger partial charge on any atom is 0.132 e. The van der Waals surface area contributed by atoms with Crippen molar-refractivity contribution < 1.29 is 9.84 Å². The monoisotopic (exact) mass is 244 g/mol. The first-order valence-corrected chi connectivity index (χ1v) is 6.03. The van der Waals surface area contributed by atoms with Gasteiger partial charge >= 0.3 is 0 Å². The van der Waals surface area contributed by atoms with E-state index in [1.165, 1.54) is 5.56 Å². The minimum absolute atomic E-state index is 0.690. The van der Waals surface area contributed by atoms with Gasteiger partial charge in [0.05, 0.1) is 12.8 Å². The second-order valence-corrected chi connectivity index (χ2v) is 4.72. The number of methoxy groups -OCH3 is 1. The summed E-state index contributed by atoms with van der Waals surface area (Å²) in [7, 11) is 3.49. The fourth-order valence-electron chi connectivity index (χ4n) is 2.78. The molecular formula is C14H16N2O2. The zero-order valence-electron chi connectivity index (χ0n) is 10.6. The highest BCUT2D eigenvalue weighted by Crippen LogP contribution is 2.42. The number of aryl methyl sites for hydroxylation is 2. The lowest BCUT2D eigenvalue weighted by atomic mass is 9.92. The van der Waals surface area contributed by atoms with Crippen LogP contribution in [0.2, 0.25) is 0 Å². The van der Waals surface area contributed by atoms with Gasteiger partial charge < -0.3 is 9.84 Å². The first-order chi connectivity index (χ1) is 8.65. The van der Waals surface area contributed by atoms with E-state index in [2.05, 4.69) is 5.10 Å². The van der Waals surface area contributed by atoms with Gasteiger partial charge in [-0.15, -0.1) is 0 Å². The summed E-state index contributed by atoms with van der Waals surface area (Å²) in [5.41, 5.74) is 1.99. The lowest BCUT2D eigenvalue weighted by Gasteiger charge is -2.24. The van der Waals surface area contributed by atoms with E-state index >= 15 is 0 Å². The van der Waals surface area contributed by atoms with Crippen LogP contribution in [0.5, 0.6) is 5.75 Å². The number of hydrogen-bond donors (Lipinski definition) is 1. The predicted octanol–water partition coefficient (Wildman–Crippen LogP) is 1.61. The highest BCUT2D eigenvalue weighted by Gasteiger charge is 2.40. The fourth-order valence-corrected chi connectivity index (χ4v) is 2.78. The molecule has 0 radical (unpaired) electrons. The van der Waals surface area contributed by atoms with Gasteiger partial charge in [-0.1, -0.05) is 6.07 Å². The highest BCUT2D eigenvalue weighted by atomic mass is 16.5. The topological polar surface area (TPSA) is 47.3 Å². The maximum absolute atomic E-state index is 11.0. The van der Waals surface area contributed by atoms with Crippen molar-refractivity contribution in [3.05, 3.63) is 47.3 Å². The molecule has 1 aromatic carbocycles. The lowest BCUT2D eigenvalue weighted by Crippen LogP contribution is -2.27. The van der Waals surface area contributed by atoms with Gasteiger partial charge in [0.25, 0.3) is 0 Å². The average Bonchev–Trinajstić information content (AvgIpc) is 2.95. The van der Waals surface area contributed by atoms with Crippen LogP contribution < -0.4 is 4.74 Å². The number of rotatable bonds is 2. The number of benzene rings is 1. The van der Waals surface area contributed by atoms with Gasteiger partial charge in [0, 0.05) is 13.2 Å². The van der Waals surface area contributed by atoms with E-state index in [1.54, 1.807) is 18.0 Å². The minimum atomic E-state index is -0.949. The SMILES string of the molecule is COc1ccc2c(c1)C(O)(c1ccnn1C)CC2. The summed E-state index contributed by atoms with van der Waals surface area (Å²) in [5.74, 6) is 0.774. The molecule has 0 fully saturated rings. The van der Waals surface area contributed by atoms with E-state index in [9.17, 15) is 5.11 Å². The van der Waals surface area contributed by atoms with Gasteiger partial charge in [-0.2, -0.15) is 5.10 Å². The zero-order valence-corrected chi connectivity index (χ0v) is 10.6. The van der Waals surface area contributed by atoms with Crippen molar-refractivity contribution in [2.45, 2.75) is 18.4 Å². The number of hydrogen-bond acceptors (Lipinski definition) is 3. The summed E-state index contributed by atoms with van der Waals surface area (Å²) in [6.45, 7) is 0. The first-order valence-electron chi connectivity index (χ1n) is 6.03. The summed E-state index contributed by atoms with van der Waals surface area (Å²) < 4.78 is 6.98. The Morgan fingerprint density at radius 3 is 2.89 bits per heavy atom. The van der Waals surface area contributed by atoms with Gasteiger partial charge in [0.2, 0.25) is 0 Å². The summed E-state index contributed by atoms with van der Waals surface area (Å²) in [5, 5.41) is 15.1. The second-order valence-electron chi connectivity index (χ2n) is 4.72. The van der Waals surface area contributed by atoms with Gasteiger partial charge in [-0.3, -0.25) is 4.68 Å². The van der Waals surface area contributed by atoms with E-state index in [4.69, 9.17) is 4.74 Å². The minimum Gasteiger partial charge on any atom is -0.497 e. The van der Waals surface area contributed by atoms with Crippen molar-refractivity contribution in [3.8, 4) is 5.75 Å². The van der Waals surface area contributed by atoms with Crippen LogP contribution >= 0.6 is 0 Å². The van der Waals surface area contributed by atoms with Crippen LogP contribution in [-0.2, 0) is 19.1 Å². The molecule has 0 saturated heterocycles. The van der Waals surface area contributed by atoms with Gasteiger partial charge in [-0.25, -0.2) is 0 Å². The molecule has 0 aliphatic heterocycles. The average molecular weight is 244 g/mol. The molecule has 18 heavy (non-hydrogen) atoms. The molecule has 1 unspecified atom stereocenters. The normalized spacial score (nSPS) is 21.9. The van der Waals surface area contributed by atoms with Crippen molar-refractivity contribution in [3.63, 3.8) is 0 Å². The molecule has 2 aromatic rings. The third kappa shape index (κ3) is 1.46. The molecule has 1 aliphatic rings. The number of aromatic nitrogens is 2. The van der Waals surface area contributed by atoms with E-state index < -0.39 is 5.60 Å². The van der Waals surface area contributed by atoms with Gasteiger partial charge in [0.1, 0.15) is 11.4 Å². The van der Waals surface area contributed by atoms with Crippen LogP contribution in [0.25, 0.3) is 0 Å². The molecule has 4 nitrogen and oxygen atoms in total. The van der Waals surface area contributed by atoms with Gasteiger partial charge in [0.15, 0.2) is 0 Å². The molecule has 0 bridgehead atoms. The molecule has 3 rings (SSSR count). The lowest BCUT2D eigenvalue weighted by molar-refractivity contribution is 0.0738. The molecule has 0 spiro atoms. The van der Waals surface area contributed by atoms with Crippen LogP contribution in [0.15, 0.2) is 30.5 Å². The van der Waals surface area contributed by atoms with E-state index in [-0.39, 0.29) is 0 Å². The predicted molar refractivity (Wildman–Crippen MR) is 67.5 cm³/mol. The van der Waals surface area contributed by atoms with Crippen molar-refractivity contribution in [1.29, 1.82) is 0 Å². The standard InChI is InChI=1S/C14H16N2O2/c1-16-13(6-8-15-16)14(17)7-5-10-3-4-11(18-2)9-12(10)14/h3-4,6,8-9,17H,5,7H2,1-2H3. The van der Waals surface area contributed by atoms with Crippen LogP contribution in [-0.4, -0.2) is 22.0 Å². The zero-order chi connectivity index (χ0) is 12.8. The number of aliphatic hydroxyl groups is 1. The number of ether oxygens (including phenoxy) is 1. The molecule has 1 aliphatic carbocycles. The Kier molecular flexibility index (Phi) is 2.41. The summed E-state index contributed by atoms with van der Waals surface area (Å²) in [4.78, 5) is 0. The van der Waals surface area contributed by atoms with E-state index in [0.29, 0.717) is 6.42 Å². The quantitative estimate of drug-likeness (QED) is 0.873. The summed E-state index contributed by atoms with van der Waals surface area (Å²) >= 11 is 0. The Morgan fingerprint density at radius 2 is 2.22 bits per heavy atom. The first kappa shape index (κ1) is 11.3. The molecule has 94 valence electrons. The van der Waals surface area contributed by atoms with E-state index in [0.717, 1.165) is 23.4 Å². The third-order valence-electron chi connectivity index (χ3n) is 3.76. The maximum atomic E-state index is 11.0. The fraction of sp³-hybridized carbons (Fsp3) is 0.357. The highest BCUT2D eigenvalue weighted by molar-refractivity contribution is 5.47. The Labute approximate surface area is 106 Å². The summed E-state index contributed by atoms with van der Waals surface area (Å²) in [6, 6.07) is 7.76. The Hall–Kier alpha value is -1.81. The van der Waals surface area contributed by atoms with Crippen LogP contribution in [0.1, 0.15) is 23.2 Å². The van der Waals surface area contributed by atoms with Crippen molar-refractivity contribution in [2.75, 3.05) is 7.11 Å². The third-order valence-corrected chi connectivity index (χ3v) is 3.76. The van der Waals surface area contributed by atoms with Gasteiger partial charge in [-0.05, 0) is 42.2 Å². The van der Waals surface area contributed by atoms with E-state index in [1.807, 2.05) is 31.3 Å². The van der Waals surface area contributed by atoms with Crippen LogP contribution in [0.3, 0.4) is 0 Å². The van der Waals surface area contributed by atoms with Crippen molar-refractivity contribution in [1.82, 2.24) is 9.78 Å². The molecule has 1 atom stereocenters. The Morgan fingerprint density at radius 1 is 1.39 bits per heavy atom. The largest absolute Gasteiger partial charge is 0.497 e. The molecule has 4 heteroatoms. The van der Waals surface area contributed by atoms with Crippen LogP contribution in [0, 0.1) is 0 Å². The molecule has 1 heterocycles. The smallest absolute Gasteiger partial charge is 0.132 e. The molecular weight excluding hydrogens is 228 g/mol. The van der Waals surface area contributed by atoms with Crippen molar-refractivity contribution >= 4 is 0 Å². The second kappa shape index (κ2) is 3.85. The summed E-state index contributed by atoms with van der Waals surface area (Å²) in [6.07, 6.45) is 3.28. The number of fused-ring (bicyclic) bond motifs is 1. The number of nitrogens with zero attached hydrogens (tertiary/aromatic N) is 2. The molecule has 0 amide bonds.